The fraction of sp³-hybridized carbons (Fsp3) is 0.429. The summed E-state index contributed by atoms with van der Waals surface area (Å²) in [5, 5.41) is 12.0. The van der Waals surface area contributed by atoms with Gasteiger partial charge in [0.15, 0.2) is 0 Å². The Kier molecular flexibility index (Phi) is 4.16. The minimum Gasteiger partial charge on any atom is -0.349 e. The van der Waals surface area contributed by atoms with E-state index in [2.05, 4.69) is 5.32 Å². The Balaban J connectivity index is 2.06. The average Bonchev–Trinajstić information content (AvgIpc) is 2.97. The summed E-state index contributed by atoms with van der Waals surface area (Å²) in [6.07, 6.45) is 6.06. The highest BCUT2D eigenvalue weighted by Gasteiger charge is 2.19. The molecule has 0 atom stereocenters. The topological polar surface area (TPSA) is 52.9 Å². The molecular formula is C14H16N2OS. The number of nitrogens with zero attached hydrogens (tertiary/aromatic N) is 1. The van der Waals surface area contributed by atoms with Crippen LogP contribution in [-0.2, 0) is 4.79 Å². The molecule has 94 valence electrons. The third-order valence-electron chi connectivity index (χ3n) is 3.10. The van der Waals surface area contributed by atoms with E-state index in [9.17, 15) is 4.79 Å². The highest BCUT2D eigenvalue weighted by Crippen LogP contribution is 2.20. The highest BCUT2D eigenvalue weighted by molar-refractivity contribution is 7.12. The van der Waals surface area contributed by atoms with E-state index >= 15 is 0 Å². The zero-order chi connectivity index (χ0) is 13.0. The first kappa shape index (κ1) is 12.8. The first-order valence-electron chi connectivity index (χ1n) is 6.18. The molecule has 1 aliphatic rings. The van der Waals surface area contributed by atoms with E-state index in [0.29, 0.717) is 0 Å². The summed E-state index contributed by atoms with van der Waals surface area (Å²) in [6, 6.07) is 6.16. The second-order valence-corrected chi connectivity index (χ2v) is 5.89. The van der Waals surface area contributed by atoms with Gasteiger partial charge in [-0.25, -0.2) is 0 Å². The van der Waals surface area contributed by atoms with Crippen LogP contribution in [0.5, 0.6) is 0 Å². The van der Waals surface area contributed by atoms with E-state index in [1.54, 1.807) is 17.4 Å². The lowest BCUT2D eigenvalue weighted by molar-refractivity contribution is -0.117. The van der Waals surface area contributed by atoms with Crippen molar-refractivity contribution in [3.8, 4) is 6.07 Å². The van der Waals surface area contributed by atoms with Crippen molar-refractivity contribution in [3.05, 3.63) is 27.5 Å². The average molecular weight is 260 g/mol. The molecule has 0 aromatic carbocycles. The smallest absolute Gasteiger partial charge is 0.262 e. The largest absolute Gasteiger partial charge is 0.349 e. The number of nitrogens with one attached hydrogen (secondary N) is 1. The predicted molar refractivity (Wildman–Crippen MR) is 73.0 cm³/mol. The molecule has 0 bridgehead atoms. The van der Waals surface area contributed by atoms with Gasteiger partial charge in [-0.15, -0.1) is 11.3 Å². The van der Waals surface area contributed by atoms with Crippen LogP contribution in [0.25, 0.3) is 6.08 Å². The van der Waals surface area contributed by atoms with Crippen molar-refractivity contribution < 1.29 is 4.79 Å². The van der Waals surface area contributed by atoms with Gasteiger partial charge in [-0.1, -0.05) is 12.8 Å². The second kappa shape index (κ2) is 5.83. The van der Waals surface area contributed by atoms with Gasteiger partial charge in [0.05, 0.1) is 0 Å². The molecule has 18 heavy (non-hydrogen) atoms. The second-order valence-electron chi connectivity index (χ2n) is 4.57. The Morgan fingerprint density at radius 2 is 2.22 bits per heavy atom. The Morgan fingerprint density at radius 1 is 1.50 bits per heavy atom. The lowest BCUT2D eigenvalue weighted by atomic mass is 10.2. The number of nitriles is 1. The highest BCUT2D eigenvalue weighted by atomic mass is 32.1. The van der Waals surface area contributed by atoms with Gasteiger partial charge in [0.2, 0.25) is 0 Å². The van der Waals surface area contributed by atoms with Crippen molar-refractivity contribution >= 4 is 23.3 Å². The molecule has 0 aliphatic heterocycles. The van der Waals surface area contributed by atoms with Crippen LogP contribution in [-0.4, -0.2) is 11.9 Å². The van der Waals surface area contributed by atoms with Gasteiger partial charge in [-0.05, 0) is 38.0 Å². The number of hydrogen-bond donors (Lipinski definition) is 1. The van der Waals surface area contributed by atoms with E-state index in [0.717, 1.165) is 17.7 Å². The molecule has 1 N–H and O–H groups in total. The van der Waals surface area contributed by atoms with E-state index in [-0.39, 0.29) is 17.5 Å². The van der Waals surface area contributed by atoms with Crippen LogP contribution in [0.1, 0.15) is 35.4 Å². The standard InChI is InChI=1S/C14H16N2OS/c1-10-6-7-13(18-10)8-11(9-15)14(17)16-12-4-2-3-5-12/h6-8,12H,2-5H2,1H3,(H,16,17)/b11-8+. The number of amides is 1. The van der Waals surface area contributed by atoms with Crippen LogP contribution < -0.4 is 5.32 Å². The van der Waals surface area contributed by atoms with Crippen LogP contribution >= 0.6 is 11.3 Å². The molecule has 0 saturated heterocycles. The number of rotatable bonds is 3. The summed E-state index contributed by atoms with van der Waals surface area (Å²) >= 11 is 1.58. The van der Waals surface area contributed by atoms with Crippen LogP contribution in [0.3, 0.4) is 0 Å². The Hall–Kier alpha value is -1.60. The van der Waals surface area contributed by atoms with Crippen molar-refractivity contribution in [2.24, 2.45) is 0 Å². The lowest BCUT2D eigenvalue weighted by Crippen LogP contribution is -2.33. The molecule has 1 saturated carbocycles. The van der Waals surface area contributed by atoms with E-state index in [4.69, 9.17) is 5.26 Å². The summed E-state index contributed by atoms with van der Waals surface area (Å²) < 4.78 is 0. The van der Waals surface area contributed by atoms with Gasteiger partial charge in [0, 0.05) is 15.8 Å². The molecule has 0 unspecified atom stereocenters. The summed E-state index contributed by atoms with van der Waals surface area (Å²) in [4.78, 5) is 14.1. The third kappa shape index (κ3) is 3.21. The molecule has 1 aliphatic carbocycles. The third-order valence-corrected chi connectivity index (χ3v) is 4.05. The molecule has 1 aromatic rings. The SMILES string of the molecule is Cc1ccc(/C=C(\C#N)C(=O)NC2CCCC2)s1. The first-order chi connectivity index (χ1) is 8.69. The molecule has 1 amide bonds. The minimum absolute atomic E-state index is 0.198. The van der Waals surface area contributed by atoms with Crippen LogP contribution in [0, 0.1) is 18.3 Å². The summed E-state index contributed by atoms with van der Waals surface area (Å²) in [5.74, 6) is -0.240. The number of aryl methyl sites for hydroxylation is 1. The van der Waals surface area contributed by atoms with E-state index in [1.165, 1.54) is 17.7 Å². The maximum Gasteiger partial charge on any atom is 0.262 e. The summed E-state index contributed by atoms with van der Waals surface area (Å²) in [5.41, 5.74) is 0.198. The Bertz CT molecular complexity index is 504. The van der Waals surface area contributed by atoms with Crippen LogP contribution in [0.15, 0.2) is 17.7 Å². The fourth-order valence-electron chi connectivity index (χ4n) is 2.16. The molecule has 1 heterocycles. The molecule has 0 radical (unpaired) electrons. The molecule has 2 rings (SSSR count). The molecule has 3 nitrogen and oxygen atoms in total. The summed E-state index contributed by atoms with van der Waals surface area (Å²) in [7, 11) is 0. The molecular weight excluding hydrogens is 244 g/mol. The Morgan fingerprint density at radius 3 is 2.78 bits per heavy atom. The van der Waals surface area contributed by atoms with Gasteiger partial charge in [0.1, 0.15) is 11.6 Å². The van der Waals surface area contributed by atoms with Gasteiger partial charge in [0.25, 0.3) is 5.91 Å². The van der Waals surface area contributed by atoms with E-state index < -0.39 is 0 Å². The van der Waals surface area contributed by atoms with Gasteiger partial charge < -0.3 is 5.32 Å². The normalized spacial score (nSPS) is 16.6. The number of carbonyl (C=O) groups is 1. The maximum atomic E-state index is 11.9. The molecule has 0 spiro atoms. The maximum absolute atomic E-state index is 11.9. The zero-order valence-electron chi connectivity index (χ0n) is 10.4. The number of thiophene rings is 1. The number of hydrogen-bond acceptors (Lipinski definition) is 3. The van der Waals surface area contributed by atoms with Crippen molar-refractivity contribution in [2.75, 3.05) is 0 Å². The van der Waals surface area contributed by atoms with Crippen LogP contribution in [0.2, 0.25) is 0 Å². The van der Waals surface area contributed by atoms with Gasteiger partial charge in [-0.2, -0.15) is 5.26 Å². The van der Waals surface area contributed by atoms with Gasteiger partial charge >= 0.3 is 0 Å². The molecule has 4 heteroatoms. The van der Waals surface area contributed by atoms with Crippen molar-refractivity contribution in [1.29, 1.82) is 5.26 Å². The lowest BCUT2D eigenvalue weighted by Gasteiger charge is -2.10. The quantitative estimate of drug-likeness (QED) is 0.671. The number of carbonyl (C=O) groups excluding carboxylic acids is 1. The Labute approximate surface area is 111 Å². The van der Waals surface area contributed by atoms with Crippen molar-refractivity contribution in [2.45, 2.75) is 38.6 Å². The predicted octanol–water partition coefficient (Wildman–Crippen LogP) is 3.02. The van der Waals surface area contributed by atoms with E-state index in [1.807, 2.05) is 25.1 Å². The molecule has 1 fully saturated rings. The monoisotopic (exact) mass is 260 g/mol. The minimum atomic E-state index is -0.240. The van der Waals surface area contributed by atoms with Crippen molar-refractivity contribution in [1.82, 2.24) is 5.32 Å². The summed E-state index contributed by atoms with van der Waals surface area (Å²) in [6.45, 7) is 2.01. The molecule has 1 aromatic heterocycles. The fourth-order valence-corrected chi connectivity index (χ4v) is 2.98. The zero-order valence-corrected chi connectivity index (χ0v) is 11.2. The van der Waals surface area contributed by atoms with Crippen LogP contribution in [0.4, 0.5) is 0 Å². The first-order valence-corrected chi connectivity index (χ1v) is 7.00. The van der Waals surface area contributed by atoms with Crippen molar-refractivity contribution in [3.63, 3.8) is 0 Å². The van der Waals surface area contributed by atoms with Gasteiger partial charge in [-0.3, -0.25) is 4.79 Å².